The summed E-state index contributed by atoms with van der Waals surface area (Å²) in [5.41, 5.74) is 2.05. The Bertz CT molecular complexity index is 1220. The average molecular weight is 552 g/mol. The van der Waals surface area contributed by atoms with Crippen molar-refractivity contribution in [1.82, 2.24) is 0 Å². The molecule has 208 valence electrons. The zero-order chi connectivity index (χ0) is 29.1. The predicted octanol–water partition coefficient (Wildman–Crippen LogP) is 8.64. The molecule has 3 rings (SSSR count). The summed E-state index contributed by atoms with van der Waals surface area (Å²) in [5, 5.41) is 0. The minimum absolute atomic E-state index is 0.473. The van der Waals surface area contributed by atoms with Crippen LogP contribution in [-0.4, -0.2) is 23.5 Å². The lowest BCUT2D eigenvalue weighted by atomic mass is 10.1. The van der Waals surface area contributed by atoms with Gasteiger partial charge in [0, 0.05) is 24.3 Å². The van der Waals surface area contributed by atoms with Crippen LogP contribution in [0.4, 0.5) is 9.59 Å². The smallest absolute Gasteiger partial charge is 0.428 e. The first-order valence-corrected chi connectivity index (χ1v) is 14.1. The van der Waals surface area contributed by atoms with E-state index in [1.165, 1.54) is 0 Å². The van der Waals surface area contributed by atoms with E-state index >= 15 is 0 Å². The van der Waals surface area contributed by atoms with E-state index in [4.69, 9.17) is 18.9 Å². The van der Waals surface area contributed by atoms with Gasteiger partial charge in [-0.3, -0.25) is 0 Å². The first-order chi connectivity index (χ1) is 18.0. The van der Waals surface area contributed by atoms with Crippen molar-refractivity contribution in [2.75, 3.05) is 0 Å². The summed E-state index contributed by atoms with van der Waals surface area (Å²) in [5.74, 6) is 0.996. The Balaban J connectivity index is 2.03. The van der Waals surface area contributed by atoms with Gasteiger partial charge < -0.3 is 18.9 Å². The Morgan fingerprint density at radius 3 is 1.21 bits per heavy atom. The average Bonchev–Trinajstić information content (AvgIpc) is 2.77. The molecule has 0 saturated carbocycles. The molecule has 0 atom stereocenters. The molecule has 0 aromatic heterocycles. The van der Waals surface area contributed by atoms with Crippen molar-refractivity contribution in [3.05, 3.63) is 76.9 Å². The molecule has 0 unspecified atom stereocenters. The van der Waals surface area contributed by atoms with E-state index in [9.17, 15) is 9.59 Å². The second-order valence-electron chi connectivity index (χ2n) is 11.5. The van der Waals surface area contributed by atoms with Crippen LogP contribution >= 0.6 is 0 Å². The fourth-order valence-corrected chi connectivity index (χ4v) is 6.48. The molecule has 0 fully saturated rings. The zero-order valence-electron chi connectivity index (χ0n) is 24.6. The molecule has 39 heavy (non-hydrogen) atoms. The maximum atomic E-state index is 12.4. The normalized spacial score (nSPS) is 11.8. The number of rotatable bonds is 5. The molecule has 0 amide bonds. The van der Waals surface area contributed by atoms with Crippen molar-refractivity contribution < 1.29 is 28.5 Å². The monoisotopic (exact) mass is 551 g/mol. The van der Waals surface area contributed by atoms with Gasteiger partial charge in [0.2, 0.25) is 0 Å². The third-order valence-electron chi connectivity index (χ3n) is 5.47. The molecule has 0 spiro atoms. The van der Waals surface area contributed by atoms with Gasteiger partial charge in [-0.1, -0.05) is 18.2 Å². The Kier molecular flexibility index (Phi) is 9.06. The number of carbonyl (C=O) groups is 2. The molecule has 0 heterocycles. The SMILES string of the molecule is Cc1cc([S+](c2ccccc2)c2cc(C)c(OC(=O)OC(C)(C)C)c(C)c2)cc(C)c1OC(=O)OC(C)(C)C. The van der Waals surface area contributed by atoms with Gasteiger partial charge in [0.25, 0.3) is 0 Å². The predicted molar refractivity (Wildman–Crippen MR) is 154 cm³/mol. The largest absolute Gasteiger partial charge is 0.514 e. The first-order valence-electron chi connectivity index (χ1n) is 12.9. The molecule has 7 heteroatoms. The van der Waals surface area contributed by atoms with Gasteiger partial charge in [0.15, 0.2) is 14.7 Å². The minimum atomic E-state index is -0.727. The molecule has 0 bridgehead atoms. The molecule has 0 N–H and O–H groups in total. The van der Waals surface area contributed by atoms with Gasteiger partial charge in [-0.25, -0.2) is 9.59 Å². The van der Waals surface area contributed by atoms with E-state index in [0.717, 1.165) is 36.9 Å². The zero-order valence-corrected chi connectivity index (χ0v) is 25.4. The van der Waals surface area contributed by atoms with Crippen LogP contribution in [0.1, 0.15) is 63.8 Å². The number of ether oxygens (including phenoxy) is 4. The summed E-state index contributed by atoms with van der Waals surface area (Å²) >= 11 is 0. The number of benzene rings is 3. The standard InChI is InChI=1S/C32H39O6S/c1-20-16-25(17-21(2)27(20)35-29(33)37-31(5,6)7)39(24-14-12-11-13-15-24)26-18-22(3)28(23(4)19-26)36-30(34)38-32(8,9)10/h11-19H,1-10H3/q+1. The molecule has 0 aliphatic carbocycles. The van der Waals surface area contributed by atoms with Gasteiger partial charge in [0.1, 0.15) is 22.7 Å². The quantitative estimate of drug-likeness (QED) is 0.180. The van der Waals surface area contributed by atoms with Crippen LogP contribution in [0.2, 0.25) is 0 Å². The number of aryl methyl sites for hydroxylation is 4. The lowest BCUT2D eigenvalue weighted by molar-refractivity contribution is 0.0190. The van der Waals surface area contributed by atoms with Gasteiger partial charge in [-0.15, -0.1) is 0 Å². The van der Waals surface area contributed by atoms with E-state index in [1.807, 2.05) is 45.9 Å². The van der Waals surface area contributed by atoms with E-state index in [2.05, 4.69) is 36.4 Å². The molecule has 3 aromatic carbocycles. The summed E-state index contributed by atoms with van der Waals surface area (Å²) in [6.07, 6.45) is -1.45. The van der Waals surface area contributed by atoms with Crippen molar-refractivity contribution in [3.63, 3.8) is 0 Å². The lowest BCUT2D eigenvalue weighted by Crippen LogP contribution is -2.26. The summed E-state index contributed by atoms with van der Waals surface area (Å²) in [6.45, 7) is 18.5. The number of hydrogen-bond acceptors (Lipinski definition) is 6. The number of carbonyl (C=O) groups excluding carboxylic acids is 2. The molecular weight excluding hydrogens is 512 g/mol. The Morgan fingerprint density at radius 1 is 0.564 bits per heavy atom. The second-order valence-corrected chi connectivity index (χ2v) is 13.6. The lowest BCUT2D eigenvalue weighted by Gasteiger charge is -2.20. The van der Waals surface area contributed by atoms with Crippen LogP contribution < -0.4 is 9.47 Å². The molecule has 6 nitrogen and oxygen atoms in total. The maximum absolute atomic E-state index is 12.4. The summed E-state index contributed by atoms with van der Waals surface area (Å²) in [4.78, 5) is 28.0. The second kappa shape index (κ2) is 11.7. The molecular formula is C32H39O6S+. The Morgan fingerprint density at radius 2 is 0.897 bits per heavy atom. The third kappa shape index (κ3) is 8.27. The van der Waals surface area contributed by atoms with E-state index in [-0.39, 0.29) is 0 Å². The van der Waals surface area contributed by atoms with Gasteiger partial charge in [-0.05, 0) is 104 Å². The molecule has 3 aromatic rings. The summed E-state index contributed by atoms with van der Waals surface area (Å²) < 4.78 is 21.9. The van der Waals surface area contributed by atoms with E-state index in [1.54, 1.807) is 41.5 Å². The summed E-state index contributed by atoms with van der Waals surface area (Å²) in [7, 11) is -0.473. The van der Waals surface area contributed by atoms with E-state index in [0.29, 0.717) is 11.5 Å². The van der Waals surface area contributed by atoms with Crippen LogP contribution in [0.15, 0.2) is 69.3 Å². The Labute approximate surface area is 235 Å². The van der Waals surface area contributed by atoms with Crippen molar-refractivity contribution in [1.29, 1.82) is 0 Å². The summed E-state index contributed by atoms with van der Waals surface area (Å²) in [6, 6.07) is 18.5. The minimum Gasteiger partial charge on any atom is -0.428 e. The van der Waals surface area contributed by atoms with Gasteiger partial charge >= 0.3 is 12.3 Å². The van der Waals surface area contributed by atoms with Crippen LogP contribution in [0.3, 0.4) is 0 Å². The van der Waals surface area contributed by atoms with Crippen LogP contribution in [0.5, 0.6) is 11.5 Å². The molecule has 0 aliphatic rings. The van der Waals surface area contributed by atoms with Crippen molar-refractivity contribution in [3.8, 4) is 11.5 Å². The van der Waals surface area contributed by atoms with Crippen LogP contribution in [0, 0.1) is 27.7 Å². The highest BCUT2D eigenvalue weighted by molar-refractivity contribution is 7.97. The Hall–Kier alpha value is -3.45. The van der Waals surface area contributed by atoms with Crippen molar-refractivity contribution in [2.24, 2.45) is 0 Å². The highest BCUT2D eigenvalue weighted by Gasteiger charge is 2.32. The first kappa shape index (κ1) is 30.1. The van der Waals surface area contributed by atoms with E-state index < -0.39 is 34.4 Å². The van der Waals surface area contributed by atoms with Crippen molar-refractivity contribution in [2.45, 2.75) is 95.1 Å². The maximum Gasteiger partial charge on any atom is 0.514 e. The number of hydrogen-bond donors (Lipinski definition) is 0. The molecule has 0 saturated heterocycles. The molecule has 0 aliphatic heterocycles. The van der Waals surface area contributed by atoms with Gasteiger partial charge in [-0.2, -0.15) is 0 Å². The van der Waals surface area contributed by atoms with Gasteiger partial charge in [0.05, 0.1) is 10.9 Å². The fourth-order valence-electron chi connectivity index (χ4n) is 4.05. The fraction of sp³-hybridized carbons (Fsp3) is 0.375. The topological polar surface area (TPSA) is 71.1 Å². The highest BCUT2D eigenvalue weighted by Crippen LogP contribution is 2.38. The van der Waals surface area contributed by atoms with Crippen LogP contribution in [-0.2, 0) is 20.4 Å². The molecule has 0 radical (unpaired) electrons. The van der Waals surface area contributed by atoms with Crippen molar-refractivity contribution >= 4 is 23.2 Å². The third-order valence-corrected chi connectivity index (χ3v) is 7.63. The highest BCUT2D eigenvalue weighted by atomic mass is 32.2. The van der Waals surface area contributed by atoms with Crippen LogP contribution in [0.25, 0.3) is 0 Å².